The second-order valence-electron chi connectivity index (χ2n) is 5.72. The summed E-state index contributed by atoms with van der Waals surface area (Å²) in [6, 6.07) is 7.45. The van der Waals surface area contributed by atoms with Crippen molar-refractivity contribution in [3.63, 3.8) is 0 Å². The van der Waals surface area contributed by atoms with Gasteiger partial charge in [0.15, 0.2) is 5.65 Å². The molecule has 7 heteroatoms. The van der Waals surface area contributed by atoms with Gasteiger partial charge in [0.2, 0.25) is 0 Å². The lowest BCUT2D eigenvalue weighted by molar-refractivity contribution is 0.0123. The van der Waals surface area contributed by atoms with Crippen LogP contribution in [0.3, 0.4) is 0 Å². The van der Waals surface area contributed by atoms with Gasteiger partial charge in [0.1, 0.15) is 23.0 Å². The number of nitrogens with two attached hydrogens (primary N) is 1. The molecular formula is C18H20N4O3. The predicted octanol–water partition coefficient (Wildman–Crippen LogP) is 2.54. The van der Waals surface area contributed by atoms with Crippen LogP contribution in [-0.4, -0.2) is 40.3 Å². The van der Waals surface area contributed by atoms with Gasteiger partial charge in [-0.3, -0.25) is 0 Å². The Morgan fingerprint density at radius 2 is 2.04 bits per heavy atom. The summed E-state index contributed by atoms with van der Waals surface area (Å²) >= 11 is 0. The maximum absolute atomic E-state index is 12.7. The number of nitrogens with zero attached hydrogens (tertiary/aromatic N) is 3. The topological polar surface area (TPSA) is 92.3 Å². The van der Waals surface area contributed by atoms with Crippen molar-refractivity contribution in [2.24, 2.45) is 0 Å². The molecule has 0 amide bonds. The molecule has 0 radical (unpaired) electrons. The van der Waals surface area contributed by atoms with E-state index < -0.39 is 12.1 Å². The Morgan fingerprint density at radius 3 is 2.68 bits per heavy atom. The molecule has 25 heavy (non-hydrogen) atoms. The van der Waals surface area contributed by atoms with Crippen LogP contribution in [0, 0.1) is 0 Å². The molecule has 3 aromatic rings. The van der Waals surface area contributed by atoms with Crippen LogP contribution in [0.2, 0.25) is 0 Å². The molecule has 130 valence electrons. The molecule has 7 nitrogen and oxygen atoms in total. The monoisotopic (exact) mass is 340 g/mol. The molecule has 2 aromatic heterocycles. The van der Waals surface area contributed by atoms with Gasteiger partial charge in [0.25, 0.3) is 0 Å². The van der Waals surface area contributed by atoms with Crippen molar-refractivity contribution in [2.45, 2.75) is 19.6 Å². The number of esters is 1. The summed E-state index contributed by atoms with van der Waals surface area (Å²) in [5.41, 5.74) is 8.80. The van der Waals surface area contributed by atoms with E-state index in [4.69, 9.17) is 15.2 Å². The first kappa shape index (κ1) is 16.9. The molecule has 3 rings (SSSR count). The summed E-state index contributed by atoms with van der Waals surface area (Å²) in [6.45, 7) is 6.20. The van der Waals surface area contributed by atoms with Gasteiger partial charge in [-0.05, 0) is 19.1 Å². The quantitative estimate of drug-likeness (QED) is 0.547. The van der Waals surface area contributed by atoms with E-state index in [9.17, 15) is 4.79 Å². The Balaban J connectivity index is 2.19. The van der Waals surface area contributed by atoms with Gasteiger partial charge in [0.05, 0.1) is 17.6 Å². The van der Waals surface area contributed by atoms with E-state index in [2.05, 4.69) is 16.5 Å². The summed E-state index contributed by atoms with van der Waals surface area (Å²) in [7, 11) is 1.55. The number of ether oxygens (including phenoxy) is 2. The van der Waals surface area contributed by atoms with Gasteiger partial charge < -0.3 is 19.8 Å². The SMILES string of the molecule is C=CCn1c(N)c(C(=O)O[C@H](C)COC)c2nc3ccccc3nc21. The van der Waals surface area contributed by atoms with Crippen molar-refractivity contribution >= 4 is 34.0 Å². The number of carbonyl (C=O) groups is 1. The molecule has 0 bridgehead atoms. The first-order chi connectivity index (χ1) is 12.1. The Hall–Kier alpha value is -2.93. The molecule has 0 aliphatic heterocycles. The highest BCUT2D eigenvalue weighted by molar-refractivity contribution is 6.08. The molecule has 0 saturated carbocycles. The van der Waals surface area contributed by atoms with E-state index in [0.717, 1.165) is 5.52 Å². The minimum absolute atomic E-state index is 0.220. The first-order valence-corrected chi connectivity index (χ1v) is 7.92. The van der Waals surface area contributed by atoms with Crippen LogP contribution in [0.15, 0.2) is 36.9 Å². The van der Waals surface area contributed by atoms with Gasteiger partial charge in [-0.25, -0.2) is 14.8 Å². The van der Waals surface area contributed by atoms with Gasteiger partial charge in [0, 0.05) is 13.7 Å². The van der Waals surface area contributed by atoms with Crippen LogP contribution in [-0.2, 0) is 16.0 Å². The van der Waals surface area contributed by atoms with E-state index in [1.807, 2.05) is 24.3 Å². The van der Waals surface area contributed by atoms with Crippen LogP contribution in [0.1, 0.15) is 17.3 Å². The number of hydrogen-bond donors (Lipinski definition) is 1. The number of hydrogen-bond acceptors (Lipinski definition) is 6. The fourth-order valence-corrected chi connectivity index (χ4v) is 2.74. The van der Waals surface area contributed by atoms with Crippen molar-refractivity contribution in [1.82, 2.24) is 14.5 Å². The Labute approximate surface area is 145 Å². The maximum Gasteiger partial charge on any atom is 0.344 e. The predicted molar refractivity (Wildman–Crippen MR) is 96.4 cm³/mol. The van der Waals surface area contributed by atoms with Crippen LogP contribution >= 0.6 is 0 Å². The van der Waals surface area contributed by atoms with E-state index in [1.165, 1.54) is 0 Å². The number of allylic oxidation sites excluding steroid dienone is 1. The average Bonchev–Trinajstić information content (AvgIpc) is 2.85. The molecule has 0 aliphatic carbocycles. The fraction of sp³-hybridized carbons (Fsp3) is 0.278. The third-order valence-corrected chi connectivity index (χ3v) is 3.82. The summed E-state index contributed by atoms with van der Waals surface area (Å²) in [4.78, 5) is 21.9. The van der Waals surface area contributed by atoms with E-state index in [-0.39, 0.29) is 11.4 Å². The summed E-state index contributed by atoms with van der Waals surface area (Å²) < 4.78 is 12.1. The number of methoxy groups -OCH3 is 1. The number of carbonyl (C=O) groups excluding carboxylic acids is 1. The van der Waals surface area contributed by atoms with Crippen molar-refractivity contribution in [3.8, 4) is 0 Å². The molecule has 2 heterocycles. The van der Waals surface area contributed by atoms with E-state index in [1.54, 1.807) is 24.7 Å². The Bertz CT molecular complexity index is 948. The third kappa shape index (κ3) is 3.06. The molecule has 2 N–H and O–H groups in total. The first-order valence-electron chi connectivity index (χ1n) is 7.92. The van der Waals surface area contributed by atoms with Crippen molar-refractivity contribution in [2.75, 3.05) is 19.5 Å². The van der Waals surface area contributed by atoms with Gasteiger partial charge in [-0.2, -0.15) is 0 Å². The Morgan fingerprint density at radius 1 is 1.36 bits per heavy atom. The molecule has 0 fully saturated rings. The zero-order valence-corrected chi connectivity index (χ0v) is 14.2. The van der Waals surface area contributed by atoms with Crippen molar-refractivity contribution < 1.29 is 14.3 Å². The molecule has 0 unspecified atom stereocenters. The second-order valence-corrected chi connectivity index (χ2v) is 5.72. The maximum atomic E-state index is 12.7. The normalized spacial score (nSPS) is 12.4. The van der Waals surface area contributed by atoms with E-state index >= 15 is 0 Å². The number of aromatic nitrogens is 3. The lowest BCUT2D eigenvalue weighted by Gasteiger charge is -2.12. The summed E-state index contributed by atoms with van der Waals surface area (Å²) in [5.74, 6) is -0.278. The smallest absolute Gasteiger partial charge is 0.344 e. The third-order valence-electron chi connectivity index (χ3n) is 3.82. The highest BCUT2D eigenvalue weighted by Gasteiger charge is 2.25. The van der Waals surface area contributed by atoms with Crippen molar-refractivity contribution in [1.29, 1.82) is 0 Å². The molecule has 1 aromatic carbocycles. The highest BCUT2D eigenvalue weighted by atomic mass is 16.6. The minimum Gasteiger partial charge on any atom is -0.456 e. The molecule has 0 spiro atoms. The van der Waals surface area contributed by atoms with Crippen molar-refractivity contribution in [3.05, 3.63) is 42.5 Å². The molecule has 1 atom stereocenters. The standard InChI is InChI=1S/C18H20N4O3/c1-4-9-22-16(19)14(18(23)25-11(2)10-24-3)15-17(22)21-13-8-6-5-7-12(13)20-15/h4-8,11H,1,9-10,19H2,2-3H3/t11-/m1/s1. The van der Waals surface area contributed by atoms with Gasteiger partial charge in [-0.15, -0.1) is 6.58 Å². The summed E-state index contributed by atoms with van der Waals surface area (Å²) in [6.07, 6.45) is 1.29. The lowest BCUT2D eigenvalue weighted by Crippen LogP contribution is -2.20. The number of fused-ring (bicyclic) bond motifs is 2. The zero-order chi connectivity index (χ0) is 18.0. The van der Waals surface area contributed by atoms with Crippen LogP contribution in [0.4, 0.5) is 5.82 Å². The second kappa shape index (κ2) is 6.90. The minimum atomic E-state index is -0.542. The van der Waals surface area contributed by atoms with E-state index in [0.29, 0.717) is 29.8 Å². The number of nitrogen functional groups attached to an aromatic ring is 1. The van der Waals surface area contributed by atoms with Gasteiger partial charge >= 0.3 is 5.97 Å². The molecular weight excluding hydrogens is 320 g/mol. The number of anilines is 1. The van der Waals surface area contributed by atoms with Crippen LogP contribution in [0.5, 0.6) is 0 Å². The van der Waals surface area contributed by atoms with Gasteiger partial charge in [-0.1, -0.05) is 18.2 Å². The molecule has 0 saturated heterocycles. The number of benzene rings is 1. The lowest BCUT2D eigenvalue weighted by atomic mass is 10.2. The number of rotatable bonds is 6. The van der Waals surface area contributed by atoms with Crippen LogP contribution in [0.25, 0.3) is 22.2 Å². The fourth-order valence-electron chi connectivity index (χ4n) is 2.74. The highest BCUT2D eigenvalue weighted by Crippen LogP contribution is 2.28. The number of para-hydroxylation sites is 2. The average molecular weight is 340 g/mol. The summed E-state index contributed by atoms with van der Waals surface area (Å²) in [5, 5.41) is 0. The Kier molecular flexibility index (Phi) is 4.67. The zero-order valence-electron chi connectivity index (χ0n) is 14.2. The largest absolute Gasteiger partial charge is 0.456 e. The van der Waals surface area contributed by atoms with Crippen LogP contribution < -0.4 is 5.73 Å². The molecule has 0 aliphatic rings.